The van der Waals surface area contributed by atoms with E-state index in [9.17, 15) is 22.0 Å². The molecule has 2 rings (SSSR count). The minimum atomic E-state index is -4.07. The standard InChI is InChI=1S/C19H22F2N2O3S/c1-12(2)4-5-14-6-8-15(9-7-14)27(25,26)23-19-11-18(22-13(3)24)16(20)10-17(19)21/h6-12,23H,4-5H2,1-3H3,(H,22,24). The minimum Gasteiger partial charge on any atom is -0.324 e. The number of sulfonamides is 1. The molecule has 0 aliphatic heterocycles. The van der Waals surface area contributed by atoms with Gasteiger partial charge in [0.05, 0.1) is 16.3 Å². The second kappa shape index (κ2) is 8.47. The molecule has 2 aromatic rings. The van der Waals surface area contributed by atoms with E-state index in [1.165, 1.54) is 12.1 Å². The maximum Gasteiger partial charge on any atom is 0.261 e. The molecule has 146 valence electrons. The van der Waals surface area contributed by atoms with Gasteiger partial charge in [-0.3, -0.25) is 9.52 Å². The molecule has 2 aromatic carbocycles. The summed E-state index contributed by atoms with van der Waals surface area (Å²) in [7, 11) is -4.07. The molecular weight excluding hydrogens is 374 g/mol. The molecule has 0 heterocycles. The highest BCUT2D eigenvalue weighted by molar-refractivity contribution is 7.92. The molecule has 0 spiro atoms. The first-order chi connectivity index (χ1) is 12.6. The Morgan fingerprint density at radius 1 is 1.04 bits per heavy atom. The summed E-state index contributed by atoms with van der Waals surface area (Å²) < 4.78 is 54.7. The second-order valence-corrected chi connectivity index (χ2v) is 8.36. The van der Waals surface area contributed by atoms with E-state index in [0.29, 0.717) is 12.0 Å². The smallest absolute Gasteiger partial charge is 0.261 e. The lowest BCUT2D eigenvalue weighted by atomic mass is 10.0. The predicted octanol–water partition coefficient (Wildman–Crippen LogP) is 4.31. The van der Waals surface area contributed by atoms with Crippen LogP contribution < -0.4 is 10.0 Å². The fourth-order valence-electron chi connectivity index (χ4n) is 2.41. The quantitative estimate of drug-likeness (QED) is 0.732. The monoisotopic (exact) mass is 396 g/mol. The van der Waals surface area contributed by atoms with Crippen LogP contribution in [-0.4, -0.2) is 14.3 Å². The maximum atomic E-state index is 14.0. The summed E-state index contributed by atoms with van der Waals surface area (Å²) in [6.07, 6.45) is 1.81. The topological polar surface area (TPSA) is 75.3 Å². The molecule has 27 heavy (non-hydrogen) atoms. The van der Waals surface area contributed by atoms with Crippen molar-refractivity contribution in [1.82, 2.24) is 0 Å². The van der Waals surface area contributed by atoms with E-state index in [1.807, 2.05) is 0 Å². The number of carbonyl (C=O) groups excluding carboxylic acids is 1. The summed E-state index contributed by atoms with van der Waals surface area (Å²) in [4.78, 5) is 11.0. The molecule has 0 saturated heterocycles. The van der Waals surface area contributed by atoms with Crippen LogP contribution in [0, 0.1) is 17.6 Å². The summed E-state index contributed by atoms with van der Waals surface area (Å²) in [5.41, 5.74) is 0.234. The molecule has 5 nitrogen and oxygen atoms in total. The third kappa shape index (κ3) is 5.75. The van der Waals surface area contributed by atoms with Gasteiger partial charge in [0, 0.05) is 13.0 Å². The molecule has 0 bridgehead atoms. The van der Waals surface area contributed by atoms with Crippen LogP contribution in [0.1, 0.15) is 32.8 Å². The number of hydrogen-bond donors (Lipinski definition) is 2. The summed E-state index contributed by atoms with van der Waals surface area (Å²) in [5.74, 6) is -2.11. The van der Waals surface area contributed by atoms with Crippen molar-refractivity contribution in [3.63, 3.8) is 0 Å². The lowest BCUT2D eigenvalue weighted by molar-refractivity contribution is -0.114. The summed E-state index contributed by atoms with van der Waals surface area (Å²) >= 11 is 0. The lowest BCUT2D eigenvalue weighted by Crippen LogP contribution is -2.15. The highest BCUT2D eigenvalue weighted by atomic mass is 32.2. The van der Waals surface area contributed by atoms with Crippen LogP contribution in [-0.2, 0) is 21.2 Å². The van der Waals surface area contributed by atoms with Crippen LogP contribution in [0.3, 0.4) is 0 Å². The molecule has 8 heteroatoms. The largest absolute Gasteiger partial charge is 0.324 e. The average molecular weight is 396 g/mol. The number of benzene rings is 2. The first-order valence-corrected chi connectivity index (χ1v) is 9.95. The zero-order valence-corrected chi connectivity index (χ0v) is 16.2. The van der Waals surface area contributed by atoms with Crippen molar-refractivity contribution in [3.05, 3.63) is 53.6 Å². The second-order valence-electron chi connectivity index (χ2n) is 6.68. The van der Waals surface area contributed by atoms with E-state index in [-0.39, 0.29) is 10.6 Å². The van der Waals surface area contributed by atoms with Gasteiger partial charge >= 0.3 is 0 Å². The Hall–Kier alpha value is -2.48. The normalized spacial score (nSPS) is 11.5. The highest BCUT2D eigenvalue weighted by Gasteiger charge is 2.19. The first kappa shape index (κ1) is 20.8. The number of halogens is 2. The molecule has 2 N–H and O–H groups in total. The fourth-order valence-corrected chi connectivity index (χ4v) is 3.47. The number of amides is 1. The summed E-state index contributed by atoms with van der Waals surface area (Å²) in [6, 6.07) is 7.71. The van der Waals surface area contributed by atoms with Gasteiger partial charge in [0.1, 0.15) is 11.6 Å². The van der Waals surface area contributed by atoms with Crippen LogP contribution in [0.25, 0.3) is 0 Å². The van der Waals surface area contributed by atoms with Gasteiger partial charge in [-0.05, 0) is 42.5 Å². The zero-order valence-electron chi connectivity index (χ0n) is 15.3. The maximum absolute atomic E-state index is 14.0. The van der Waals surface area contributed by atoms with Crippen molar-refractivity contribution in [2.45, 2.75) is 38.5 Å². The molecule has 1 amide bonds. The van der Waals surface area contributed by atoms with Crippen LogP contribution in [0.5, 0.6) is 0 Å². The van der Waals surface area contributed by atoms with Gasteiger partial charge in [-0.1, -0.05) is 26.0 Å². The number of nitrogens with one attached hydrogen (secondary N) is 2. The van der Waals surface area contributed by atoms with Crippen molar-refractivity contribution in [3.8, 4) is 0 Å². The molecule has 0 aromatic heterocycles. The molecule has 0 aliphatic rings. The summed E-state index contributed by atoms with van der Waals surface area (Å²) in [5, 5.41) is 2.18. The van der Waals surface area contributed by atoms with Crippen LogP contribution in [0.15, 0.2) is 41.3 Å². The zero-order chi connectivity index (χ0) is 20.2. The van der Waals surface area contributed by atoms with E-state index < -0.39 is 33.3 Å². The van der Waals surface area contributed by atoms with Crippen molar-refractivity contribution < 1.29 is 22.0 Å². The van der Waals surface area contributed by atoms with E-state index in [2.05, 4.69) is 23.9 Å². The Morgan fingerprint density at radius 3 is 2.19 bits per heavy atom. The van der Waals surface area contributed by atoms with Gasteiger partial charge < -0.3 is 5.32 Å². The van der Waals surface area contributed by atoms with Gasteiger partial charge in [-0.15, -0.1) is 0 Å². The van der Waals surface area contributed by atoms with Crippen LogP contribution in [0.4, 0.5) is 20.2 Å². The molecule has 0 aliphatic carbocycles. The van der Waals surface area contributed by atoms with E-state index in [4.69, 9.17) is 0 Å². The molecule has 0 unspecified atom stereocenters. The average Bonchev–Trinajstić information content (AvgIpc) is 2.57. The molecule has 0 fully saturated rings. The molecule has 0 radical (unpaired) electrons. The van der Waals surface area contributed by atoms with E-state index in [1.54, 1.807) is 12.1 Å². The van der Waals surface area contributed by atoms with E-state index >= 15 is 0 Å². The van der Waals surface area contributed by atoms with Crippen molar-refractivity contribution >= 4 is 27.3 Å². The van der Waals surface area contributed by atoms with Crippen LogP contribution >= 0.6 is 0 Å². The Morgan fingerprint density at radius 2 is 1.63 bits per heavy atom. The van der Waals surface area contributed by atoms with Crippen LogP contribution in [0.2, 0.25) is 0 Å². The number of anilines is 2. The molecule has 0 atom stereocenters. The van der Waals surface area contributed by atoms with Gasteiger partial charge in [-0.25, -0.2) is 17.2 Å². The fraction of sp³-hybridized carbons (Fsp3) is 0.316. The Labute approximate surface area is 157 Å². The third-order valence-corrected chi connectivity index (χ3v) is 5.24. The van der Waals surface area contributed by atoms with Crippen molar-refractivity contribution in [2.75, 3.05) is 10.0 Å². The van der Waals surface area contributed by atoms with Crippen molar-refractivity contribution in [1.29, 1.82) is 0 Å². The molecule has 0 saturated carbocycles. The van der Waals surface area contributed by atoms with Gasteiger partial charge in [0.15, 0.2) is 0 Å². The van der Waals surface area contributed by atoms with Gasteiger partial charge in [0.25, 0.3) is 10.0 Å². The number of carbonyl (C=O) groups is 1. The number of hydrogen-bond acceptors (Lipinski definition) is 3. The van der Waals surface area contributed by atoms with Gasteiger partial charge in [-0.2, -0.15) is 0 Å². The first-order valence-electron chi connectivity index (χ1n) is 8.47. The Bertz CT molecular complexity index is 927. The Balaban J connectivity index is 2.24. The third-order valence-electron chi connectivity index (χ3n) is 3.86. The highest BCUT2D eigenvalue weighted by Crippen LogP contribution is 2.26. The number of rotatable bonds is 7. The Kier molecular flexibility index (Phi) is 6.54. The summed E-state index contributed by atoms with van der Waals surface area (Å²) in [6.45, 7) is 5.37. The van der Waals surface area contributed by atoms with Gasteiger partial charge in [0.2, 0.25) is 5.91 Å². The predicted molar refractivity (Wildman–Crippen MR) is 101 cm³/mol. The molecular formula is C19H22F2N2O3S. The SMILES string of the molecule is CC(=O)Nc1cc(NS(=O)(=O)c2ccc(CCC(C)C)cc2)c(F)cc1F. The van der Waals surface area contributed by atoms with Crippen molar-refractivity contribution in [2.24, 2.45) is 5.92 Å². The number of aryl methyl sites for hydroxylation is 1. The minimum absolute atomic E-state index is 0.0411. The lowest BCUT2D eigenvalue weighted by Gasteiger charge is -2.12. The van der Waals surface area contributed by atoms with E-state index in [0.717, 1.165) is 31.4 Å².